The maximum absolute atomic E-state index is 13.2. The number of likely N-dealkylation sites (N-methyl/N-ethyl adjacent to an activating group) is 1. The van der Waals surface area contributed by atoms with Crippen LogP contribution in [-0.2, 0) is 0 Å². The van der Waals surface area contributed by atoms with Gasteiger partial charge in [0.1, 0.15) is 12.4 Å². The van der Waals surface area contributed by atoms with Gasteiger partial charge in [-0.15, -0.1) is 0 Å². The maximum Gasteiger partial charge on any atom is 0.174 e. The van der Waals surface area contributed by atoms with E-state index in [1.54, 1.807) is 0 Å². The lowest BCUT2D eigenvalue weighted by molar-refractivity contribution is 0.0974. The molecule has 1 unspecified atom stereocenters. The Morgan fingerprint density at radius 1 is 0.815 bits per heavy atom. The van der Waals surface area contributed by atoms with E-state index >= 15 is 0 Å². The Balaban J connectivity index is 1.86. The lowest BCUT2D eigenvalue weighted by Gasteiger charge is -2.18. The molecule has 0 radical (unpaired) electrons. The van der Waals surface area contributed by atoms with Gasteiger partial charge < -0.3 is 9.64 Å². The van der Waals surface area contributed by atoms with Crippen LogP contribution in [0.1, 0.15) is 27.4 Å². The van der Waals surface area contributed by atoms with E-state index in [2.05, 4.69) is 4.90 Å². The summed E-state index contributed by atoms with van der Waals surface area (Å²) in [6, 6.07) is 27.3. The summed E-state index contributed by atoms with van der Waals surface area (Å²) >= 11 is 0. The van der Waals surface area contributed by atoms with Crippen LogP contribution in [0.15, 0.2) is 84.9 Å². The number of benzene rings is 3. The molecule has 0 N–H and O–H groups in total. The van der Waals surface area contributed by atoms with Crippen LogP contribution < -0.4 is 4.74 Å². The summed E-state index contributed by atoms with van der Waals surface area (Å²) in [4.78, 5) is 15.3. The SMILES string of the molecule is CN(C)CCOc1ccc(C(C(=O)c2ccccc2)c2ccccc2)cc1. The monoisotopic (exact) mass is 359 g/mol. The highest BCUT2D eigenvalue weighted by atomic mass is 16.5. The summed E-state index contributed by atoms with van der Waals surface area (Å²) in [6.07, 6.45) is 0. The van der Waals surface area contributed by atoms with Crippen molar-refractivity contribution in [3.05, 3.63) is 102 Å². The van der Waals surface area contributed by atoms with E-state index in [1.807, 2.05) is 99.0 Å². The third kappa shape index (κ3) is 5.05. The Morgan fingerprint density at radius 2 is 1.37 bits per heavy atom. The summed E-state index contributed by atoms with van der Waals surface area (Å²) in [7, 11) is 4.04. The zero-order valence-electron chi connectivity index (χ0n) is 15.8. The van der Waals surface area contributed by atoms with E-state index in [-0.39, 0.29) is 11.7 Å². The number of hydrogen-bond donors (Lipinski definition) is 0. The molecule has 0 aliphatic carbocycles. The Hall–Kier alpha value is -2.91. The lowest BCUT2D eigenvalue weighted by Crippen LogP contribution is -2.19. The fraction of sp³-hybridized carbons (Fsp3) is 0.208. The summed E-state index contributed by atoms with van der Waals surface area (Å²) in [5.41, 5.74) is 2.68. The molecule has 3 aromatic carbocycles. The first-order valence-electron chi connectivity index (χ1n) is 9.17. The van der Waals surface area contributed by atoms with Gasteiger partial charge in [0.25, 0.3) is 0 Å². The number of hydrogen-bond acceptors (Lipinski definition) is 3. The highest BCUT2D eigenvalue weighted by molar-refractivity contribution is 6.03. The minimum Gasteiger partial charge on any atom is -0.492 e. The van der Waals surface area contributed by atoms with Crippen LogP contribution in [0.5, 0.6) is 5.75 Å². The molecule has 3 aromatic rings. The molecule has 3 rings (SSSR count). The van der Waals surface area contributed by atoms with E-state index in [9.17, 15) is 4.79 Å². The molecule has 0 aliphatic heterocycles. The number of ketones is 1. The topological polar surface area (TPSA) is 29.5 Å². The minimum absolute atomic E-state index is 0.100. The van der Waals surface area contributed by atoms with E-state index in [1.165, 1.54) is 0 Å². The summed E-state index contributed by atoms with van der Waals surface area (Å²) < 4.78 is 5.78. The molecule has 0 saturated carbocycles. The largest absolute Gasteiger partial charge is 0.492 e. The van der Waals surface area contributed by atoms with E-state index in [0.29, 0.717) is 6.61 Å². The van der Waals surface area contributed by atoms with E-state index in [4.69, 9.17) is 4.74 Å². The van der Waals surface area contributed by atoms with Gasteiger partial charge in [0.05, 0.1) is 5.92 Å². The third-order valence-electron chi connectivity index (χ3n) is 4.47. The van der Waals surface area contributed by atoms with Crippen molar-refractivity contribution >= 4 is 5.78 Å². The van der Waals surface area contributed by atoms with Gasteiger partial charge >= 0.3 is 0 Å². The molecular formula is C24H25NO2. The Kier molecular flexibility index (Phi) is 6.39. The van der Waals surface area contributed by atoms with Gasteiger partial charge in [0.2, 0.25) is 0 Å². The molecule has 138 valence electrons. The number of ether oxygens (including phenoxy) is 1. The average molecular weight is 359 g/mol. The predicted octanol–water partition coefficient (Wildman–Crippen LogP) is 4.64. The fourth-order valence-electron chi connectivity index (χ4n) is 3.01. The summed E-state index contributed by atoms with van der Waals surface area (Å²) in [5.74, 6) is 0.590. The smallest absolute Gasteiger partial charge is 0.174 e. The molecule has 0 aliphatic rings. The van der Waals surface area contributed by atoms with Crippen LogP contribution in [0.3, 0.4) is 0 Å². The minimum atomic E-state index is -0.329. The second kappa shape index (κ2) is 9.15. The van der Waals surface area contributed by atoms with Gasteiger partial charge in [-0.25, -0.2) is 0 Å². The second-order valence-corrected chi connectivity index (χ2v) is 6.79. The first kappa shape index (κ1) is 18.9. The van der Waals surface area contributed by atoms with Gasteiger partial charge in [-0.05, 0) is 37.4 Å². The Labute approximate surface area is 161 Å². The molecule has 0 spiro atoms. The van der Waals surface area contributed by atoms with Gasteiger partial charge in [-0.3, -0.25) is 4.79 Å². The first-order valence-corrected chi connectivity index (χ1v) is 9.17. The molecule has 1 atom stereocenters. The standard InChI is InChI=1S/C24H25NO2/c1-25(2)17-18-27-22-15-13-20(14-16-22)23(19-9-5-3-6-10-19)24(26)21-11-7-4-8-12-21/h3-16,23H,17-18H2,1-2H3. The van der Waals surface area contributed by atoms with Gasteiger partial charge in [-0.1, -0.05) is 72.8 Å². The van der Waals surface area contributed by atoms with Crippen molar-refractivity contribution in [2.45, 2.75) is 5.92 Å². The van der Waals surface area contributed by atoms with Crippen LogP contribution in [-0.4, -0.2) is 37.9 Å². The zero-order valence-corrected chi connectivity index (χ0v) is 15.8. The Morgan fingerprint density at radius 3 is 1.96 bits per heavy atom. The number of carbonyl (C=O) groups is 1. The molecular weight excluding hydrogens is 334 g/mol. The van der Waals surface area contributed by atoms with Gasteiger partial charge in [0, 0.05) is 12.1 Å². The fourth-order valence-corrected chi connectivity index (χ4v) is 3.01. The predicted molar refractivity (Wildman–Crippen MR) is 110 cm³/mol. The van der Waals surface area contributed by atoms with Crippen molar-refractivity contribution < 1.29 is 9.53 Å². The number of rotatable bonds is 8. The number of Topliss-reactive ketones (excluding diaryl/α,β-unsaturated/α-hetero) is 1. The zero-order chi connectivity index (χ0) is 19.1. The third-order valence-corrected chi connectivity index (χ3v) is 4.47. The van der Waals surface area contributed by atoms with Crippen LogP contribution >= 0.6 is 0 Å². The molecule has 0 heterocycles. The van der Waals surface area contributed by atoms with Crippen LogP contribution in [0.2, 0.25) is 0 Å². The van der Waals surface area contributed by atoms with Gasteiger partial charge in [0.15, 0.2) is 5.78 Å². The maximum atomic E-state index is 13.2. The molecule has 27 heavy (non-hydrogen) atoms. The Bertz CT molecular complexity index is 843. The van der Waals surface area contributed by atoms with Crippen molar-refractivity contribution in [2.75, 3.05) is 27.2 Å². The number of nitrogens with zero attached hydrogens (tertiary/aromatic N) is 1. The average Bonchev–Trinajstić information content (AvgIpc) is 2.70. The highest BCUT2D eigenvalue weighted by Gasteiger charge is 2.23. The van der Waals surface area contributed by atoms with Crippen molar-refractivity contribution in [1.29, 1.82) is 0 Å². The summed E-state index contributed by atoms with van der Waals surface area (Å²) in [6.45, 7) is 1.50. The van der Waals surface area contributed by atoms with Gasteiger partial charge in [-0.2, -0.15) is 0 Å². The molecule has 0 aromatic heterocycles. The van der Waals surface area contributed by atoms with Crippen LogP contribution in [0.4, 0.5) is 0 Å². The molecule has 0 amide bonds. The summed E-state index contributed by atoms with van der Waals surface area (Å²) in [5, 5.41) is 0. The van der Waals surface area contributed by atoms with Crippen LogP contribution in [0.25, 0.3) is 0 Å². The molecule has 3 heteroatoms. The lowest BCUT2D eigenvalue weighted by atomic mass is 9.85. The second-order valence-electron chi connectivity index (χ2n) is 6.79. The van der Waals surface area contributed by atoms with Crippen molar-refractivity contribution in [1.82, 2.24) is 4.90 Å². The van der Waals surface area contributed by atoms with Crippen LogP contribution in [0, 0.1) is 0 Å². The van der Waals surface area contributed by atoms with E-state index < -0.39 is 0 Å². The molecule has 0 saturated heterocycles. The first-order chi connectivity index (χ1) is 13.1. The van der Waals surface area contributed by atoms with E-state index in [0.717, 1.165) is 29.0 Å². The molecule has 3 nitrogen and oxygen atoms in total. The highest BCUT2D eigenvalue weighted by Crippen LogP contribution is 2.29. The van der Waals surface area contributed by atoms with Crippen molar-refractivity contribution in [3.63, 3.8) is 0 Å². The van der Waals surface area contributed by atoms with Crippen molar-refractivity contribution in [2.24, 2.45) is 0 Å². The van der Waals surface area contributed by atoms with Crippen molar-refractivity contribution in [3.8, 4) is 5.75 Å². The number of carbonyl (C=O) groups excluding carboxylic acids is 1. The molecule has 0 bridgehead atoms. The quantitative estimate of drug-likeness (QED) is 0.549. The normalized spacial score (nSPS) is 12.0. The molecule has 0 fully saturated rings.